The molecule has 2 fully saturated rings. The van der Waals surface area contributed by atoms with Crippen molar-refractivity contribution in [2.24, 2.45) is 5.92 Å². The van der Waals surface area contributed by atoms with Crippen molar-refractivity contribution >= 4 is 5.97 Å². The molecule has 1 aliphatic heterocycles. The van der Waals surface area contributed by atoms with Gasteiger partial charge in [0.2, 0.25) is 0 Å². The van der Waals surface area contributed by atoms with Gasteiger partial charge in [-0.05, 0) is 31.6 Å². The van der Waals surface area contributed by atoms with E-state index >= 15 is 0 Å². The van der Waals surface area contributed by atoms with Gasteiger partial charge < -0.3 is 9.84 Å². The number of carbonyl (C=O) groups is 1. The molecule has 2 rings (SSSR count). The predicted molar refractivity (Wildman–Crippen MR) is 47.4 cm³/mol. The van der Waals surface area contributed by atoms with Gasteiger partial charge in [0.1, 0.15) is 0 Å². The Morgan fingerprint density at radius 1 is 1.46 bits per heavy atom. The number of carboxylic acids is 1. The van der Waals surface area contributed by atoms with Crippen molar-refractivity contribution in [3.05, 3.63) is 12.2 Å². The average molecular weight is 182 g/mol. The van der Waals surface area contributed by atoms with E-state index in [2.05, 4.69) is 6.58 Å². The molecule has 3 heteroatoms. The van der Waals surface area contributed by atoms with E-state index in [1.54, 1.807) is 0 Å². The summed E-state index contributed by atoms with van der Waals surface area (Å²) in [6.45, 7) is 3.51. The maximum absolute atomic E-state index is 10.5. The number of rotatable bonds is 4. The van der Waals surface area contributed by atoms with Gasteiger partial charge in [0.15, 0.2) is 0 Å². The molecule has 1 saturated heterocycles. The molecule has 0 radical (unpaired) electrons. The Hall–Kier alpha value is -0.830. The molecule has 2 aliphatic rings. The van der Waals surface area contributed by atoms with Gasteiger partial charge in [0.25, 0.3) is 0 Å². The van der Waals surface area contributed by atoms with E-state index < -0.39 is 5.97 Å². The number of ether oxygens (including phenoxy) is 1. The maximum Gasteiger partial charge on any atom is 0.330 e. The first-order valence-corrected chi connectivity index (χ1v) is 4.73. The van der Waals surface area contributed by atoms with E-state index in [1.807, 2.05) is 0 Å². The lowest BCUT2D eigenvalue weighted by Gasteiger charge is -2.10. The van der Waals surface area contributed by atoms with E-state index in [0.717, 1.165) is 19.3 Å². The van der Waals surface area contributed by atoms with Gasteiger partial charge in [-0.25, -0.2) is 4.79 Å². The predicted octanol–water partition coefficient (Wildman–Crippen LogP) is 1.58. The summed E-state index contributed by atoms with van der Waals surface area (Å²) in [5.74, 6) is -0.195. The molecule has 1 aliphatic carbocycles. The lowest BCUT2D eigenvalue weighted by atomic mass is 9.98. The third kappa shape index (κ3) is 1.91. The van der Waals surface area contributed by atoms with Crippen LogP contribution in [0.3, 0.4) is 0 Å². The first-order chi connectivity index (χ1) is 6.16. The zero-order chi connectivity index (χ0) is 9.42. The van der Waals surface area contributed by atoms with Crippen LogP contribution < -0.4 is 0 Å². The second-order valence-corrected chi connectivity index (χ2v) is 4.00. The van der Waals surface area contributed by atoms with E-state index in [1.165, 1.54) is 0 Å². The van der Waals surface area contributed by atoms with E-state index in [-0.39, 0.29) is 0 Å². The molecular formula is C10H14O3. The second-order valence-electron chi connectivity index (χ2n) is 4.00. The summed E-state index contributed by atoms with van der Waals surface area (Å²) in [4.78, 5) is 10.5. The standard InChI is InChI=1S/C10H14O3/c1-6(10(11)12)2-3-7-4-8-9(5-7)13-8/h7-9H,1-5H2,(H,11,12). The third-order valence-corrected chi connectivity index (χ3v) is 2.98. The van der Waals surface area contributed by atoms with Crippen molar-refractivity contribution in [3.8, 4) is 0 Å². The Morgan fingerprint density at radius 3 is 2.62 bits per heavy atom. The minimum Gasteiger partial charge on any atom is -0.478 e. The van der Waals surface area contributed by atoms with Crippen LogP contribution in [0.25, 0.3) is 0 Å². The van der Waals surface area contributed by atoms with E-state index in [9.17, 15) is 4.79 Å². The van der Waals surface area contributed by atoms with Gasteiger partial charge in [-0.2, -0.15) is 0 Å². The first kappa shape index (κ1) is 8.75. The Morgan fingerprint density at radius 2 is 2.08 bits per heavy atom. The van der Waals surface area contributed by atoms with Crippen LogP contribution in [-0.4, -0.2) is 23.3 Å². The smallest absolute Gasteiger partial charge is 0.330 e. The zero-order valence-corrected chi connectivity index (χ0v) is 7.53. The fourth-order valence-corrected chi connectivity index (χ4v) is 2.07. The molecule has 72 valence electrons. The van der Waals surface area contributed by atoms with Crippen LogP contribution >= 0.6 is 0 Å². The number of aliphatic carboxylic acids is 1. The molecule has 13 heavy (non-hydrogen) atoms. The Labute approximate surface area is 77.4 Å². The largest absolute Gasteiger partial charge is 0.478 e. The first-order valence-electron chi connectivity index (χ1n) is 4.73. The van der Waals surface area contributed by atoms with Gasteiger partial charge in [-0.1, -0.05) is 6.58 Å². The molecule has 1 N–H and O–H groups in total. The number of fused-ring (bicyclic) bond motifs is 1. The minimum atomic E-state index is -0.862. The molecule has 2 atom stereocenters. The SMILES string of the molecule is C=C(CCC1CC2OC2C1)C(=O)O. The zero-order valence-electron chi connectivity index (χ0n) is 7.53. The summed E-state index contributed by atoms with van der Waals surface area (Å²) < 4.78 is 5.30. The molecule has 0 spiro atoms. The Kier molecular flexibility index (Phi) is 2.12. The van der Waals surface area contributed by atoms with Crippen LogP contribution in [0.5, 0.6) is 0 Å². The summed E-state index contributed by atoms with van der Waals surface area (Å²) in [6, 6.07) is 0. The summed E-state index contributed by atoms with van der Waals surface area (Å²) in [5.41, 5.74) is 0.335. The topological polar surface area (TPSA) is 49.8 Å². The van der Waals surface area contributed by atoms with Crippen molar-refractivity contribution in [1.29, 1.82) is 0 Å². The molecule has 0 amide bonds. The number of hydrogen-bond donors (Lipinski definition) is 1. The van der Waals surface area contributed by atoms with Crippen molar-refractivity contribution in [1.82, 2.24) is 0 Å². The lowest BCUT2D eigenvalue weighted by molar-refractivity contribution is -0.132. The molecule has 1 heterocycles. The fourth-order valence-electron chi connectivity index (χ4n) is 2.07. The molecule has 0 aromatic rings. The van der Waals surface area contributed by atoms with Crippen molar-refractivity contribution < 1.29 is 14.6 Å². The highest BCUT2D eigenvalue weighted by Gasteiger charge is 2.47. The van der Waals surface area contributed by atoms with Gasteiger partial charge >= 0.3 is 5.97 Å². The fraction of sp³-hybridized carbons (Fsp3) is 0.700. The number of carboxylic acid groups (broad SMARTS) is 1. The number of epoxide rings is 1. The average Bonchev–Trinajstić information content (AvgIpc) is 2.70. The number of hydrogen-bond acceptors (Lipinski definition) is 2. The Bertz CT molecular complexity index is 237. The quantitative estimate of drug-likeness (QED) is 0.530. The van der Waals surface area contributed by atoms with E-state index in [4.69, 9.17) is 9.84 Å². The van der Waals surface area contributed by atoms with Crippen LogP contribution in [-0.2, 0) is 9.53 Å². The maximum atomic E-state index is 10.5. The lowest BCUT2D eigenvalue weighted by Crippen LogP contribution is -2.04. The molecular weight excluding hydrogens is 168 g/mol. The highest BCUT2D eigenvalue weighted by Crippen LogP contribution is 2.44. The normalized spacial score (nSPS) is 35.5. The Balaban J connectivity index is 1.68. The molecule has 1 saturated carbocycles. The van der Waals surface area contributed by atoms with Crippen LogP contribution in [0, 0.1) is 5.92 Å². The molecule has 2 unspecified atom stereocenters. The highest BCUT2D eigenvalue weighted by molar-refractivity contribution is 5.85. The summed E-state index contributed by atoms with van der Waals surface area (Å²) >= 11 is 0. The molecule has 0 bridgehead atoms. The molecule has 0 aromatic carbocycles. The van der Waals surface area contributed by atoms with Crippen LogP contribution in [0.2, 0.25) is 0 Å². The van der Waals surface area contributed by atoms with Crippen LogP contribution in [0.15, 0.2) is 12.2 Å². The van der Waals surface area contributed by atoms with Gasteiger partial charge in [-0.15, -0.1) is 0 Å². The monoisotopic (exact) mass is 182 g/mol. The summed E-state index contributed by atoms with van der Waals surface area (Å²) in [7, 11) is 0. The molecule has 0 aromatic heterocycles. The van der Waals surface area contributed by atoms with Crippen molar-refractivity contribution in [3.63, 3.8) is 0 Å². The van der Waals surface area contributed by atoms with Crippen LogP contribution in [0.4, 0.5) is 0 Å². The van der Waals surface area contributed by atoms with Gasteiger partial charge in [-0.3, -0.25) is 0 Å². The van der Waals surface area contributed by atoms with Crippen molar-refractivity contribution in [2.45, 2.75) is 37.9 Å². The highest BCUT2D eigenvalue weighted by atomic mass is 16.6. The second kappa shape index (κ2) is 3.14. The summed E-state index contributed by atoms with van der Waals surface area (Å²) in [6.07, 6.45) is 4.84. The van der Waals surface area contributed by atoms with Gasteiger partial charge in [0, 0.05) is 5.57 Å². The minimum absolute atomic E-state index is 0.335. The van der Waals surface area contributed by atoms with E-state index in [0.29, 0.717) is 30.1 Å². The van der Waals surface area contributed by atoms with Crippen LogP contribution in [0.1, 0.15) is 25.7 Å². The van der Waals surface area contributed by atoms with Crippen molar-refractivity contribution in [2.75, 3.05) is 0 Å². The third-order valence-electron chi connectivity index (χ3n) is 2.98. The van der Waals surface area contributed by atoms with Gasteiger partial charge in [0.05, 0.1) is 12.2 Å². The molecule has 3 nitrogen and oxygen atoms in total. The summed E-state index contributed by atoms with van der Waals surface area (Å²) in [5, 5.41) is 8.59.